The number of nitrogens with zero attached hydrogens (tertiary/aromatic N) is 4. The third-order valence-corrected chi connectivity index (χ3v) is 4.95. The predicted octanol–water partition coefficient (Wildman–Crippen LogP) is 1.92. The maximum absolute atomic E-state index is 5.87. The van der Waals surface area contributed by atoms with E-state index >= 15 is 0 Å². The zero-order valence-corrected chi connectivity index (χ0v) is 12.6. The Labute approximate surface area is 122 Å². The highest BCUT2D eigenvalue weighted by molar-refractivity contribution is 7.16. The summed E-state index contributed by atoms with van der Waals surface area (Å²) in [6.45, 7) is 4.43. The number of ether oxygens (including phenoxy) is 1. The summed E-state index contributed by atoms with van der Waals surface area (Å²) in [5, 5.41) is 14.4. The minimum Gasteiger partial charge on any atom is -0.381 e. The van der Waals surface area contributed by atoms with Gasteiger partial charge in [0.1, 0.15) is 5.01 Å². The van der Waals surface area contributed by atoms with Gasteiger partial charge in [0.2, 0.25) is 4.96 Å². The summed E-state index contributed by atoms with van der Waals surface area (Å²) < 4.78 is 7.34. The van der Waals surface area contributed by atoms with Crippen LogP contribution in [-0.2, 0) is 4.74 Å². The molecule has 1 unspecified atom stereocenters. The van der Waals surface area contributed by atoms with E-state index in [0.717, 1.165) is 54.7 Å². The van der Waals surface area contributed by atoms with Crippen molar-refractivity contribution in [2.24, 2.45) is 5.73 Å². The Morgan fingerprint density at radius 1 is 1.40 bits per heavy atom. The number of hydrogen-bond donors (Lipinski definition) is 1. The normalized spacial score (nSPS) is 18.7. The van der Waals surface area contributed by atoms with Gasteiger partial charge in [0.25, 0.3) is 0 Å². The molecular weight excluding hydrogens is 274 g/mol. The first-order valence-corrected chi connectivity index (χ1v) is 8.15. The number of aromatic nitrogens is 4. The standard InChI is InChI=1S/C13H21N5OS/c1-2-3-10(8-14)12-17-18-11(15-16-13(18)20-12)9-4-6-19-7-5-9/h9-10H,2-8,14H2,1H3. The van der Waals surface area contributed by atoms with Crippen molar-refractivity contribution in [2.75, 3.05) is 19.8 Å². The van der Waals surface area contributed by atoms with Crippen LogP contribution in [0.25, 0.3) is 4.96 Å². The minimum absolute atomic E-state index is 0.342. The SMILES string of the molecule is CCCC(CN)c1nn2c(C3CCOCC3)nnc2s1. The lowest BCUT2D eigenvalue weighted by atomic mass is 10.00. The smallest absolute Gasteiger partial charge is 0.234 e. The molecule has 0 bridgehead atoms. The number of nitrogens with two attached hydrogens (primary N) is 1. The lowest BCUT2D eigenvalue weighted by molar-refractivity contribution is 0.0831. The third kappa shape index (κ3) is 2.57. The van der Waals surface area contributed by atoms with Crippen molar-refractivity contribution in [1.29, 1.82) is 0 Å². The molecule has 0 saturated carbocycles. The maximum Gasteiger partial charge on any atom is 0.234 e. The van der Waals surface area contributed by atoms with Crippen LogP contribution in [-0.4, -0.2) is 39.6 Å². The van der Waals surface area contributed by atoms with E-state index in [1.807, 2.05) is 4.52 Å². The van der Waals surface area contributed by atoms with Crippen LogP contribution in [0.2, 0.25) is 0 Å². The average molecular weight is 295 g/mol. The fourth-order valence-electron chi connectivity index (χ4n) is 2.71. The molecule has 6 nitrogen and oxygen atoms in total. The van der Waals surface area contributed by atoms with E-state index in [1.54, 1.807) is 11.3 Å². The van der Waals surface area contributed by atoms with Gasteiger partial charge in [-0.05, 0) is 19.3 Å². The molecule has 0 amide bonds. The lowest BCUT2D eigenvalue weighted by Crippen LogP contribution is -2.17. The summed E-state index contributed by atoms with van der Waals surface area (Å²) in [6, 6.07) is 0. The van der Waals surface area contributed by atoms with Crippen LogP contribution in [0.3, 0.4) is 0 Å². The molecule has 3 heterocycles. The molecule has 0 radical (unpaired) electrons. The van der Waals surface area contributed by atoms with Gasteiger partial charge in [-0.15, -0.1) is 10.2 Å². The van der Waals surface area contributed by atoms with E-state index in [0.29, 0.717) is 18.4 Å². The van der Waals surface area contributed by atoms with Crippen LogP contribution in [0, 0.1) is 0 Å². The second kappa shape index (κ2) is 6.15. The fourth-order valence-corrected chi connectivity index (χ4v) is 3.71. The molecule has 0 aliphatic carbocycles. The Bertz CT molecular complexity index is 560. The predicted molar refractivity (Wildman–Crippen MR) is 78.2 cm³/mol. The molecule has 2 aromatic heterocycles. The van der Waals surface area contributed by atoms with Gasteiger partial charge >= 0.3 is 0 Å². The van der Waals surface area contributed by atoms with Crippen molar-refractivity contribution in [1.82, 2.24) is 19.8 Å². The van der Waals surface area contributed by atoms with Crippen molar-refractivity contribution in [2.45, 2.75) is 44.4 Å². The van der Waals surface area contributed by atoms with E-state index in [1.165, 1.54) is 0 Å². The van der Waals surface area contributed by atoms with Gasteiger partial charge in [-0.25, -0.2) is 0 Å². The summed E-state index contributed by atoms with van der Waals surface area (Å²) >= 11 is 1.62. The van der Waals surface area contributed by atoms with Gasteiger partial charge in [-0.1, -0.05) is 24.7 Å². The molecular formula is C13H21N5OS. The van der Waals surface area contributed by atoms with Crippen LogP contribution in [0.15, 0.2) is 0 Å². The molecule has 2 aromatic rings. The summed E-state index contributed by atoms with van der Waals surface area (Å²) in [6.07, 6.45) is 4.20. The van der Waals surface area contributed by atoms with E-state index in [4.69, 9.17) is 15.6 Å². The first kappa shape index (κ1) is 13.9. The Balaban J connectivity index is 1.89. The molecule has 1 fully saturated rings. The molecule has 0 spiro atoms. The Kier molecular flexibility index (Phi) is 4.28. The highest BCUT2D eigenvalue weighted by Gasteiger charge is 2.24. The molecule has 1 aliphatic rings. The van der Waals surface area contributed by atoms with Gasteiger partial charge in [-0.3, -0.25) is 0 Å². The van der Waals surface area contributed by atoms with E-state index in [9.17, 15) is 0 Å². The van der Waals surface area contributed by atoms with Crippen LogP contribution >= 0.6 is 11.3 Å². The highest BCUT2D eigenvalue weighted by atomic mass is 32.1. The first-order valence-electron chi connectivity index (χ1n) is 7.33. The third-order valence-electron chi connectivity index (χ3n) is 3.89. The summed E-state index contributed by atoms with van der Waals surface area (Å²) in [4.78, 5) is 0.885. The van der Waals surface area contributed by atoms with Gasteiger partial charge in [0, 0.05) is 31.6 Å². The quantitative estimate of drug-likeness (QED) is 0.911. The van der Waals surface area contributed by atoms with Crippen molar-refractivity contribution in [3.05, 3.63) is 10.8 Å². The lowest BCUT2D eigenvalue weighted by Gasteiger charge is -2.19. The summed E-state index contributed by atoms with van der Waals surface area (Å²) in [5.74, 6) is 1.74. The molecule has 20 heavy (non-hydrogen) atoms. The van der Waals surface area contributed by atoms with Gasteiger partial charge in [0.15, 0.2) is 5.82 Å². The molecule has 0 aromatic carbocycles. The number of rotatable bonds is 5. The molecule has 1 atom stereocenters. The van der Waals surface area contributed by atoms with Gasteiger partial charge in [-0.2, -0.15) is 9.61 Å². The number of fused-ring (bicyclic) bond motifs is 1. The van der Waals surface area contributed by atoms with Gasteiger partial charge in [0.05, 0.1) is 0 Å². The van der Waals surface area contributed by atoms with Crippen LogP contribution in [0.1, 0.15) is 55.3 Å². The van der Waals surface area contributed by atoms with Crippen LogP contribution < -0.4 is 5.73 Å². The van der Waals surface area contributed by atoms with Crippen molar-refractivity contribution in [3.8, 4) is 0 Å². The Morgan fingerprint density at radius 2 is 2.20 bits per heavy atom. The summed E-state index contributed by atoms with van der Waals surface area (Å²) in [7, 11) is 0. The zero-order valence-electron chi connectivity index (χ0n) is 11.8. The molecule has 7 heteroatoms. The topological polar surface area (TPSA) is 78.3 Å². The van der Waals surface area contributed by atoms with E-state index in [-0.39, 0.29) is 0 Å². The van der Waals surface area contributed by atoms with Crippen LogP contribution in [0.4, 0.5) is 0 Å². The van der Waals surface area contributed by atoms with Crippen molar-refractivity contribution in [3.63, 3.8) is 0 Å². The molecule has 1 aliphatic heterocycles. The zero-order chi connectivity index (χ0) is 13.9. The second-order valence-corrected chi connectivity index (χ2v) is 6.29. The Morgan fingerprint density at radius 3 is 2.90 bits per heavy atom. The number of hydrogen-bond acceptors (Lipinski definition) is 6. The first-order chi connectivity index (χ1) is 9.83. The fraction of sp³-hybridized carbons (Fsp3) is 0.769. The maximum atomic E-state index is 5.87. The molecule has 1 saturated heterocycles. The van der Waals surface area contributed by atoms with E-state index < -0.39 is 0 Å². The molecule has 2 N–H and O–H groups in total. The average Bonchev–Trinajstić information content (AvgIpc) is 3.05. The Hall–Kier alpha value is -1.05. The van der Waals surface area contributed by atoms with Crippen molar-refractivity contribution < 1.29 is 4.74 Å². The molecule has 3 rings (SSSR count). The van der Waals surface area contributed by atoms with Gasteiger partial charge < -0.3 is 10.5 Å². The highest BCUT2D eigenvalue weighted by Crippen LogP contribution is 2.29. The monoisotopic (exact) mass is 295 g/mol. The molecule has 110 valence electrons. The van der Waals surface area contributed by atoms with Crippen molar-refractivity contribution >= 4 is 16.3 Å². The van der Waals surface area contributed by atoms with E-state index in [2.05, 4.69) is 17.1 Å². The minimum atomic E-state index is 0.342. The van der Waals surface area contributed by atoms with Crippen LogP contribution in [0.5, 0.6) is 0 Å². The summed E-state index contributed by atoms with van der Waals surface area (Å²) in [5.41, 5.74) is 5.87. The largest absolute Gasteiger partial charge is 0.381 e. The second-order valence-electron chi connectivity index (χ2n) is 5.30.